The van der Waals surface area contributed by atoms with Crippen molar-refractivity contribution in [3.8, 4) is 0 Å². The first-order valence-corrected chi connectivity index (χ1v) is 12.3. The van der Waals surface area contributed by atoms with Gasteiger partial charge in [0, 0.05) is 0 Å². The van der Waals surface area contributed by atoms with Crippen molar-refractivity contribution in [1.29, 1.82) is 0 Å². The minimum absolute atomic E-state index is 0.0688. The molecule has 0 amide bonds. The Morgan fingerprint density at radius 3 is 1.62 bits per heavy atom. The molecule has 0 aromatic heterocycles. The first-order valence-electron chi connectivity index (χ1n) is 11.5. The molecule has 4 nitrogen and oxygen atoms in total. The van der Waals surface area contributed by atoms with Gasteiger partial charge in [-0.25, -0.2) is 0 Å². The Bertz CT molecular complexity index is 456. The maximum atomic E-state index is 10.1. The molecule has 0 saturated carbocycles. The highest BCUT2D eigenvalue weighted by atomic mass is 32.1. The van der Waals surface area contributed by atoms with Gasteiger partial charge in [-0.05, 0) is 32.1 Å². The van der Waals surface area contributed by atoms with Crippen LogP contribution in [-0.4, -0.2) is 32.9 Å². The van der Waals surface area contributed by atoms with Gasteiger partial charge < -0.3 is 21.7 Å². The summed E-state index contributed by atoms with van der Waals surface area (Å²) in [7, 11) is 0. The van der Waals surface area contributed by atoms with Crippen LogP contribution in [0, 0.1) is 5.41 Å². The molecule has 0 aromatic rings. The van der Waals surface area contributed by atoms with Crippen LogP contribution in [0.4, 0.5) is 0 Å². The van der Waals surface area contributed by atoms with Crippen LogP contribution >= 0.6 is 24.4 Å². The molecule has 0 aromatic carbocycles. The second-order valence-electron chi connectivity index (χ2n) is 8.09. The molecule has 6 N–H and O–H groups in total. The van der Waals surface area contributed by atoms with Crippen molar-refractivity contribution >= 4 is 34.4 Å². The van der Waals surface area contributed by atoms with E-state index >= 15 is 0 Å². The highest BCUT2D eigenvalue weighted by Gasteiger charge is 2.43. The van der Waals surface area contributed by atoms with Crippen LogP contribution in [0.1, 0.15) is 103 Å². The molecular weight excluding hydrogens is 400 g/mol. The summed E-state index contributed by atoms with van der Waals surface area (Å²) >= 11 is 10.2. The van der Waals surface area contributed by atoms with Gasteiger partial charge in [-0.2, -0.15) is 0 Å². The van der Waals surface area contributed by atoms with Crippen LogP contribution in [0.3, 0.4) is 0 Å². The van der Waals surface area contributed by atoms with E-state index < -0.39 is 18.1 Å². The topological polar surface area (TPSA) is 92.5 Å². The fraction of sp³-hybridized carbons (Fsp3) is 0.826. The minimum atomic E-state index is -1.14. The minimum Gasteiger partial charge on any atom is -0.394 e. The molecule has 170 valence electrons. The average molecular weight is 445 g/mol. The van der Waals surface area contributed by atoms with Crippen molar-refractivity contribution < 1.29 is 10.2 Å². The second kappa shape index (κ2) is 18.2. The summed E-state index contributed by atoms with van der Waals surface area (Å²) in [5, 5.41) is 19.5. The fourth-order valence-corrected chi connectivity index (χ4v) is 4.43. The molecule has 29 heavy (non-hydrogen) atoms. The van der Waals surface area contributed by atoms with E-state index in [0.717, 1.165) is 19.3 Å². The van der Waals surface area contributed by atoms with Crippen LogP contribution in [0.15, 0.2) is 12.2 Å². The van der Waals surface area contributed by atoms with Gasteiger partial charge in [0.15, 0.2) is 0 Å². The Labute approximate surface area is 189 Å². The molecule has 1 atom stereocenters. The van der Waals surface area contributed by atoms with Gasteiger partial charge >= 0.3 is 0 Å². The van der Waals surface area contributed by atoms with Crippen LogP contribution in [0.2, 0.25) is 0 Å². The van der Waals surface area contributed by atoms with Gasteiger partial charge in [-0.3, -0.25) is 0 Å². The number of allylic oxidation sites excluding steroid dienone is 2. The van der Waals surface area contributed by atoms with Crippen LogP contribution < -0.4 is 11.5 Å². The number of nitrogens with two attached hydrogens (primary N) is 2. The third kappa shape index (κ3) is 12.0. The van der Waals surface area contributed by atoms with Crippen molar-refractivity contribution in [3.63, 3.8) is 0 Å². The highest BCUT2D eigenvalue weighted by molar-refractivity contribution is 7.82. The Morgan fingerprint density at radius 1 is 0.793 bits per heavy atom. The lowest BCUT2D eigenvalue weighted by Gasteiger charge is -2.35. The highest BCUT2D eigenvalue weighted by Crippen LogP contribution is 2.31. The van der Waals surface area contributed by atoms with Gasteiger partial charge in [0.1, 0.15) is 0 Å². The molecule has 0 spiro atoms. The molecule has 0 heterocycles. The lowest BCUT2D eigenvalue weighted by molar-refractivity contribution is 0.0451. The van der Waals surface area contributed by atoms with E-state index in [-0.39, 0.29) is 9.98 Å². The van der Waals surface area contributed by atoms with Gasteiger partial charge in [0.2, 0.25) is 0 Å². The summed E-state index contributed by atoms with van der Waals surface area (Å²) in [6.07, 6.45) is 21.2. The SMILES string of the molecule is CCCCCCCC/C=C\CCCCCCCCC(C(N)=S)(C(N)=S)C(O)CO. The predicted molar refractivity (Wildman–Crippen MR) is 133 cm³/mol. The summed E-state index contributed by atoms with van der Waals surface area (Å²) < 4.78 is 0. The van der Waals surface area contributed by atoms with E-state index in [2.05, 4.69) is 19.1 Å². The first-order chi connectivity index (χ1) is 13.9. The van der Waals surface area contributed by atoms with E-state index in [9.17, 15) is 10.2 Å². The van der Waals surface area contributed by atoms with Crippen molar-refractivity contribution in [3.05, 3.63) is 12.2 Å². The third-order valence-corrected chi connectivity index (χ3v) is 6.43. The Morgan fingerprint density at radius 2 is 1.21 bits per heavy atom. The van der Waals surface area contributed by atoms with E-state index in [1.807, 2.05) is 0 Å². The van der Waals surface area contributed by atoms with Crippen molar-refractivity contribution in [2.45, 2.75) is 109 Å². The molecule has 0 rings (SSSR count). The summed E-state index contributed by atoms with van der Waals surface area (Å²) in [6.45, 7) is 1.80. The van der Waals surface area contributed by atoms with E-state index in [1.54, 1.807) is 0 Å². The molecule has 0 saturated heterocycles. The van der Waals surface area contributed by atoms with Gasteiger partial charge in [-0.15, -0.1) is 0 Å². The number of unbranched alkanes of at least 4 members (excludes halogenated alkanes) is 12. The number of aliphatic hydroxyl groups is 2. The van der Waals surface area contributed by atoms with Gasteiger partial charge in [0.05, 0.1) is 28.1 Å². The monoisotopic (exact) mass is 444 g/mol. The molecule has 0 aliphatic rings. The number of hydrogen-bond acceptors (Lipinski definition) is 4. The molecule has 0 fully saturated rings. The van der Waals surface area contributed by atoms with E-state index in [4.69, 9.17) is 35.9 Å². The molecular formula is C23H44N2O2S2. The van der Waals surface area contributed by atoms with Crippen LogP contribution in [0.5, 0.6) is 0 Å². The second-order valence-corrected chi connectivity index (χ2v) is 8.97. The normalized spacial score (nSPS) is 13.1. The quantitative estimate of drug-likeness (QED) is 0.115. The van der Waals surface area contributed by atoms with Crippen molar-refractivity contribution in [2.24, 2.45) is 16.9 Å². The lowest BCUT2D eigenvalue weighted by Crippen LogP contribution is -2.55. The average Bonchev–Trinajstić information content (AvgIpc) is 2.69. The van der Waals surface area contributed by atoms with Gasteiger partial charge in [-0.1, -0.05) is 108 Å². The molecule has 1 unspecified atom stereocenters. The predicted octanol–water partition coefficient (Wildman–Crippen LogP) is 5.33. The summed E-state index contributed by atoms with van der Waals surface area (Å²) in [5.74, 6) is 0. The standard InChI is InChI=1S/C23H44N2O2S2/c1-2-3-4-5-6-7-8-9-10-11-12-13-14-15-16-17-18-23(21(24)28,22(25)29)20(27)19-26/h9-10,20,26-27H,2-8,11-19H2,1H3,(H2,24,28)(H2,25,29)/b10-9-. The zero-order valence-electron chi connectivity index (χ0n) is 18.4. The molecule has 0 radical (unpaired) electrons. The molecule has 0 bridgehead atoms. The molecule has 6 heteroatoms. The maximum Gasteiger partial charge on any atom is 0.0983 e. The van der Waals surface area contributed by atoms with Gasteiger partial charge in [0.25, 0.3) is 0 Å². The summed E-state index contributed by atoms with van der Waals surface area (Å²) in [6, 6.07) is 0. The first kappa shape index (κ1) is 28.4. The fourth-order valence-electron chi connectivity index (χ4n) is 3.67. The van der Waals surface area contributed by atoms with Crippen molar-refractivity contribution in [1.82, 2.24) is 0 Å². The smallest absolute Gasteiger partial charge is 0.0983 e. The third-order valence-electron chi connectivity index (χ3n) is 5.70. The number of rotatable bonds is 20. The zero-order chi connectivity index (χ0) is 22.0. The van der Waals surface area contributed by atoms with E-state index in [1.165, 1.54) is 70.6 Å². The largest absolute Gasteiger partial charge is 0.394 e. The number of aliphatic hydroxyl groups excluding tert-OH is 2. The zero-order valence-corrected chi connectivity index (χ0v) is 20.0. The van der Waals surface area contributed by atoms with Crippen molar-refractivity contribution in [2.75, 3.05) is 6.61 Å². The Hall–Kier alpha value is -0.560. The lowest BCUT2D eigenvalue weighted by atomic mass is 9.77. The number of thiocarbonyl (C=S) groups is 2. The number of hydrogen-bond donors (Lipinski definition) is 4. The molecule has 0 aliphatic carbocycles. The Kier molecular flexibility index (Phi) is 17.9. The van der Waals surface area contributed by atoms with Crippen LogP contribution in [0.25, 0.3) is 0 Å². The Balaban J connectivity index is 3.77. The maximum absolute atomic E-state index is 10.1. The summed E-state index contributed by atoms with van der Waals surface area (Å²) in [4.78, 5) is 0.138. The summed E-state index contributed by atoms with van der Waals surface area (Å²) in [5.41, 5.74) is 10.5. The van der Waals surface area contributed by atoms with E-state index in [0.29, 0.717) is 6.42 Å². The van der Waals surface area contributed by atoms with Crippen LogP contribution in [-0.2, 0) is 0 Å². The molecule has 0 aliphatic heterocycles.